The number of unbranched alkanes of at least 4 members (excludes halogenated alkanes) is 20. The van der Waals surface area contributed by atoms with Crippen molar-refractivity contribution in [3.63, 3.8) is 0 Å². The molecule has 0 aromatic heterocycles. The number of ether oxygens (including phenoxy) is 2. The normalized spacial score (nSPS) is 11.9. The summed E-state index contributed by atoms with van der Waals surface area (Å²) in [5.41, 5.74) is 0. The van der Waals surface area contributed by atoms with Crippen LogP contribution in [0.15, 0.2) is 0 Å². The van der Waals surface area contributed by atoms with E-state index in [1.54, 1.807) is 0 Å². The van der Waals surface area contributed by atoms with Crippen molar-refractivity contribution in [1.29, 1.82) is 0 Å². The molecule has 0 spiro atoms. The Morgan fingerprint density at radius 3 is 1.09 bits per heavy atom. The molecule has 0 aromatic rings. The van der Waals surface area contributed by atoms with Crippen LogP contribution in [0.1, 0.15) is 246 Å². The second-order valence-electron chi connectivity index (χ2n) is 16.4. The number of esters is 2. The predicted octanol–water partition coefficient (Wildman–Crippen LogP) is 11.7. The number of rotatable bonds is 42. The van der Waals surface area contributed by atoms with Crippen LogP contribution in [-0.4, -0.2) is 60.3 Å². The molecule has 0 saturated carbocycles. The monoisotopic (exact) mass is 795 g/mol. The Labute approximate surface area is 344 Å². The van der Waals surface area contributed by atoms with E-state index >= 15 is 0 Å². The van der Waals surface area contributed by atoms with E-state index in [0.717, 1.165) is 51.4 Å². The number of amides is 2. The van der Waals surface area contributed by atoms with Gasteiger partial charge in [0.2, 0.25) is 11.8 Å². The number of nitrogens with one attached hydrogen (secondary N) is 2. The van der Waals surface area contributed by atoms with Crippen molar-refractivity contribution in [2.24, 2.45) is 0 Å². The van der Waals surface area contributed by atoms with Gasteiger partial charge in [0, 0.05) is 32.2 Å². The highest BCUT2D eigenvalue weighted by atomic mass is 16.5. The van der Waals surface area contributed by atoms with Crippen molar-refractivity contribution in [3.05, 3.63) is 0 Å². The number of aliphatic hydroxyl groups excluding tert-OH is 1. The maximum absolute atomic E-state index is 12.7. The summed E-state index contributed by atoms with van der Waals surface area (Å²) in [7, 11) is 0. The topological polar surface area (TPSA) is 131 Å². The van der Waals surface area contributed by atoms with Crippen molar-refractivity contribution in [2.75, 3.05) is 13.2 Å². The van der Waals surface area contributed by atoms with Gasteiger partial charge in [-0.1, -0.05) is 156 Å². The van der Waals surface area contributed by atoms with E-state index < -0.39 is 6.04 Å². The van der Waals surface area contributed by atoms with E-state index in [0.29, 0.717) is 12.8 Å². The number of carbonyl (C=O) groups is 4. The molecule has 1 atom stereocenters. The Hall–Kier alpha value is -2.16. The molecule has 0 aliphatic carbocycles. The molecule has 0 aliphatic rings. The summed E-state index contributed by atoms with van der Waals surface area (Å²) in [6, 6.07) is -0.632. The van der Waals surface area contributed by atoms with Gasteiger partial charge in [0.15, 0.2) is 0 Å². The number of aliphatic hydroxyl groups is 1. The van der Waals surface area contributed by atoms with Crippen LogP contribution >= 0.6 is 0 Å². The predicted molar refractivity (Wildman–Crippen MR) is 231 cm³/mol. The molecule has 1 unspecified atom stereocenters. The summed E-state index contributed by atoms with van der Waals surface area (Å²) in [6.07, 6.45) is 34.0. The molecule has 0 heterocycles. The summed E-state index contributed by atoms with van der Waals surface area (Å²) < 4.78 is 11.8. The Bertz CT molecular complexity index is 898. The van der Waals surface area contributed by atoms with Crippen LogP contribution in [0.3, 0.4) is 0 Å². The quantitative estimate of drug-likeness (QED) is 0.0414. The maximum Gasteiger partial charge on any atom is 0.306 e. The van der Waals surface area contributed by atoms with Gasteiger partial charge in [-0.05, 0) is 64.2 Å². The Morgan fingerprint density at radius 2 is 0.750 bits per heavy atom. The third-order valence-corrected chi connectivity index (χ3v) is 10.8. The van der Waals surface area contributed by atoms with Crippen molar-refractivity contribution < 1.29 is 33.8 Å². The van der Waals surface area contributed by atoms with E-state index in [1.165, 1.54) is 128 Å². The fourth-order valence-corrected chi connectivity index (χ4v) is 7.20. The molecule has 0 radical (unpaired) electrons. The molecule has 0 aliphatic heterocycles. The second kappa shape index (κ2) is 41.0. The van der Waals surface area contributed by atoms with Gasteiger partial charge in [0.25, 0.3) is 0 Å². The Kier molecular flexibility index (Phi) is 39.4. The molecule has 9 heteroatoms. The summed E-state index contributed by atoms with van der Waals surface area (Å²) >= 11 is 0. The highest BCUT2D eigenvalue weighted by Gasteiger charge is 2.18. The van der Waals surface area contributed by atoms with Gasteiger partial charge in [0.1, 0.15) is 12.2 Å². The van der Waals surface area contributed by atoms with Gasteiger partial charge in [-0.3, -0.25) is 19.2 Å². The molecule has 9 nitrogen and oxygen atoms in total. The van der Waals surface area contributed by atoms with Gasteiger partial charge >= 0.3 is 11.9 Å². The van der Waals surface area contributed by atoms with E-state index in [-0.39, 0.29) is 74.8 Å². The zero-order valence-corrected chi connectivity index (χ0v) is 37.1. The zero-order chi connectivity index (χ0) is 41.3. The van der Waals surface area contributed by atoms with Gasteiger partial charge < -0.3 is 25.2 Å². The molecule has 2 amide bonds. The summed E-state index contributed by atoms with van der Waals surface area (Å²) in [5, 5.41) is 15.4. The molecule has 0 aromatic carbocycles. The van der Waals surface area contributed by atoms with Gasteiger partial charge in [0.05, 0.1) is 12.6 Å². The first-order chi connectivity index (χ1) is 27.3. The molecular formula is C47H90N2O7. The first-order valence-corrected chi connectivity index (χ1v) is 23.8. The lowest BCUT2D eigenvalue weighted by molar-refractivity contribution is -0.151. The van der Waals surface area contributed by atoms with Crippen LogP contribution in [0.4, 0.5) is 0 Å². The van der Waals surface area contributed by atoms with Crippen LogP contribution in [0, 0.1) is 0 Å². The van der Waals surface area contributed by atoms with E-state index in [9.17, 15) is 24.3 Å². The molecule has 0 saturated heterocycles. The average molecular weight is 795 g/mol. The third-order valence-electron chi connectivity index (χ3n) is 10.8. The lowest BCUT2D eigenvalue weighted by Crippen LogP contribution is -2.45. The first kappa shape index (κ1) is 53.8. The lowest BCUT2D eigenvalue weighted by Gasteiger charge is -2.19. The highest BCUT2D eigenvalue weighted by molar-refractivity contribution is 5.78. The van der Waals surface area contributed by atoms with Crippen molar-refractivity contribution in [1.82, 2.24) is 10.6 Å². The van der Waals surface area contributed by atoms with Crippen molar-refractivity contribution in [2.45, 2.75) is 264 Å². The first-order valence-electron chi connectivity index (χ1n) is 23.8. The smallest absolute Gasteiger partial charge is 0.306 e. The van der Waals surface area contributed by atoms with Gasteiger partial charge in [-0.2, -0.15) is 0 Å². The van der Waals surface area contributed by atoms with Crippen molar-refractivity contribution in [3.8, 4) is 0 Å². The van der Waals surface area contributed by atoms with Crippen molar-refractivity contribution >= 4 is 23.8 Å². The molecular weight excluding hydrogens is 705 g/mol. The number of carbonyl (C=O) groups excluding carboxylic acids is 4. The molecule has 0 rings (SSSR count). The summed E-state index contributed by atoms with van der Waals surface area (Å²) in [5.74, 6) is -1.00. The molecule has 0 fully saturated rings. The highest BCUT2D eigenvalue weighted by Crippen LogP contribution is 2.19. The molecule has 0 bridgehead atoms. The lowest BCUT2D eigenvalue weighted by atomic mass is 10.0. The summed E-state index contributed by atoms with van der Waals surface area (Å²) in [4.78, 5) is 50.5. The Balaban J connectivity index is 4.50. The van der Waals surface area contributed by atoms with E-state index in [1.807, 2.05) is 0 Å². The average Bonchev–Trinajstić information content (AvgIpc) is 3.18. The Morgan fingerprint density at radius 1 is 0.429 bits per heavy atom. The van der Waals surface area contributed by atoms with Crippen LogP contribution in [0.25, 0.3) is 0 Å². The standard InChI is InChI=1S/C47H90N2O7/c1-5-9-13-17-21-25-31-42(32-26-22-18-14-10-6-2)55-46(53)37-29-35-44(51)48-39-41(40-50)49-45(52)36-30-38-47(54)56-43(33-27-23-19-15-11-7-3)34-28-24-20-16-12-8-4/h41-43,50H,5-40H2,1-4H3,(H,48,51)(H,49,52). The molecule has 56 heavy (non-hydrogen) atoms. The minimum atomic E-state index is -0.632. The zero-order valence-electron chi connectivity index (χ0n) is 37.1. The molecule has 3 N–H and O–H groups in total. The van der Waals surface area contributed by atoms with Gasteiger partial charge in [-0.25, -0.2) is 0 Å². The molecule has 330 valence electrons. The van der Waals surface area contributed by atoms with E-state index in [4.69, 9.17) is 9.47 Å². The maximum atomic E-state index is 12.7. The fraction of sp³-hybridized carbons (Fsp3) is 0.915. The SMILES string of the molecule is CCCCCCCCC(CCCCCCCC)OC(=O)CCCC(=O)NCC(CO)NC(=O)CCCC(=O)OC(CCCCCCCC)CCCCCCCC. The summed E-state index contributed by atoms with van der Waals surface area (Å²) in [6.45, 7) is 8.65. The van der Waals surface area contributed by atoms with Crippen LogP contribution in [-0.2, 0) is 28.7 Å². The third kappa shape index (κ3) is 36.2. The second-order valence-corrected chi connectivity index (χ2v) is 16.4. The van der Waals surface area contributed by atoms with Gasteiger partial charge in [-0.15, -0.1) is 0 Å². The minimum absolute atomic E-state index is 0.0463. The minimum Gasteiger partial charge on any atom is -0.462 e. The van der Waals surface area contributed by atoms with Crippen LogP contribution in [0.5, 0.6) is 0 Å². The van der Waals surface area contributed by atoms with Crippen LogP contribution < -0.4 is 10.6 Å². The van der Waals surface area contributed by atoms with Crippen LogP contribution in [0.2, 0.25) is 0 Å². The number of hydrogen-bond donors (Lipinski definition) is 3. The largest absolute Gasteiger partial charge is 0.462 e. The van der Waals surface area contributed by atoms with E-state index in [2.05, 4.69) is 38.3 Å². The number of hydrogen-bond acceptors (Lipinski definition) is 7. The fourth-order valence-electron chi connectivity index (χ4n) is 7.20.